The van der Waals surface area contributed by atoms with E-state index in [1.807, 2.05) is 17.5 Å². The van der Waals surface area contributed by atoms with Crippen molar-refractivity contribution in [3.63, 3.8) is 0 Å². The van der Waals surface area contributed by atoms with Gasteiger partial charge < -0.3 is 0 Å². The minimum absolute atomic E-state index is 0.0282. The van der Waals surface area contributed by atoms with Crippen LogP contribution in [0.3, 0.4) is 0 Å². The molecule has 0 unspecified atom stereocenters. The number of alkyl halides is 3. The third-order valence-corrected chi connectivity index (χ3v) is 6.47. The van der Waals surface area contributed by atoms with Crippen molar-refractivity contribution in [2.24, 2.45) is 0 Å². The van der Waals surface area contributed by atoms with Crippen molar-refractivity contribution in [1.29, 1.82) is 0 Å². The summed E-state index contributed by atoms with van der Waals surface area (Å²) < 4.78 is 65.0. The highest BCUT2D eigenvalue weighted by molar-refractivity contribution is 7.92. The number of aromatic nitrogens is 2. The van der Waals surface area contributed by atoms with Crippen molar-refractivity contribution in [2.75, 3.05) is 4.83 Å². The van der Waals surface area contributed by atoms with Gasteiger partial charge in [0.1, 0.15) is 0 Å². The van der Waals surface area contributed by atoms with Gasteiger partial charge in [0.25, 0.3) is 10.0 Å². The highest BCUT2D eigenvalue weighted by atomic mass is 32.2. The van der Waals surface area contributed by atoms with E-state index in [9.17, 15) is 21.6 Å². The molecule has 0 aliphatic rings. The number of nitrogens with zero attached hydrogens (tertiary/aromatic N) is 2. The van der Waals surface area contributed by atoms with Gasteiger partial charge in [0.2, 0.25) is 0 Å². The average Bonchev–Trinajstić information content (AvgIpc) is 3.38. The number of halogens is 3. The topological polar surface area (TPSA) is 64.0 Å². The van der Waals surface area contributed by atoms with E-state index >= 15 is 0 Å². The van der Waals surface area contributed by atoms with Crippen LogP contribution >= 0.6 is 11.3 Å². The summed E-state index contributed by atoms with van der Waals surface area (Å²) in [6.07, 6.45) is -4.73. The van der Waals surface area contributed by atoms with E-state index < -0.39 is 21.9 Å². The summed E-state index contributed by atoms with van der Waals surface area (Å²) in [4.78, 5) is 3.68. The monoisotopic (exact) mass is 449 g/mol. The molecule has 0 amide bonds. The Labute approximate surface area is 174 Å². The van der Waals surface area contributed by atoms with Crippen LogP contribution in [0.4, 0.5) is 13.2 Å². The normalized spacial score (nSPS) is 12.1. The van der Waals surface area contributed by atoms with E-state index in [0.29, 0.717) is 10.4 Å². The molecule has 2 aromatic carbocycles. The van der Waals surface area contributed by atoms with Gasteiger partial charge in [-0.2, -0.15) is 31.2 Å². The van der Waals surface area contributed by atoms with Crippen molar-refractivity contribution in [1.82, 2.24) is 9.89 Å². The summed E-state index contributed by atoms with van der Waals surface area (Å²) in [5.41, 5.74) is 0.0601. The Morgan fingerprint density at radius 1 is 0.900 bits per heavy atom. The van der Waals surface area contributed by atoms with Gasteiger partial charge in [-0.15, -0.1) is 16.4 Å². The smallest absolute Gasteiger partial charge is 0.200 e. The van der Waals surface area contributed by atoms with Crippen LogP contribution in [0.15, 0.2) is 83.1 Å². The first-order valence-corrected chi connectivity index (χ1v) is 11.0. The summed E-state index contributed by atoms with van der Waals surface area (Å²) in [6.45, 7) is 0. The van der Waals surface area contributed by atoms with Gasteiger partial charge in [-0.1, -0.05) is 48.5 Å². The molecule has 10 heteroatoms. The number of nitrogens with one attached hydrogen (secondary N) is 1. The van der Waals surface area contributed by atoms with Crippen molar-refractivity contribution < 1.29 is 21.6 Å². The fourth-order valence-corrected chi connectivity index (χ4v) is 4.53. The Balaban J connectivity index is 1.75. The molecule has 4 rings (SSSR count). The molecular formula is C20H14F3N3O2S2. The van der Waals surface area contributed by atoms with Gasteiger partial charge in [-0.25, -0.2) is 0 Å². The van der Waals surface area contributed by atoms with Gasteiger partial charge in [0, 0.05) is 10.4 Å². The second-order valence-corrected chi connectivity index (χ2v) is 8.90. The lowest BCUT2D eigenvalue weighted by Crippen LogP contribution is -2.25. The minimum atomic E-state index is -4.73. The van der Waals surface area contributed by atoms with Crippen LogP contribution in [0.25, 0.3) is 21.7 Å². The van der Waals surface area contributed by atoms with Crippen LogP contribution in [0.1, 0.15) is 5.69 Å². The Kier molecular flexibility index (Phi) is 5.12. The molecule has 0 saturated heterocycles. The van der Waals surface area contributed by atoms with Crippen LogP contribution in [0.5, 0.6) is 0 Å². The summed E-state index contributed by atoms with van der Waals surface area (Å²) in [6, 6.07) is 18.8. The van der Waals surface area contributed by atoms with Crippen LogP contribution < -0.4 is 4.83 Å². The zero-order valence-corrected chi connectivity index (χ0v) is 16.8. The number of rotatable bonds is 5. The molecule has 0 fully saturated rings. The number of hydrogen-bond donors (Lipinski definition) is 1. The molecule has 0 atom stereocenters. The Hall–Kier alpha value is -3.11. The lowest BCUT2D eigenvalue weighted by atomic mass is 10.1. The van der Waals surface area contributed by atoms with Crippen LogP contribution in [-0.4, -0.2) is 18.3 Å². The summed E-state index contributed by atoms with van der Waals surface area (Å²) in [5.74, 6) is 0. The van der Waals surface area contributed by atoms with E-state index in [-0.39, 0.29) is 10.6 Å². The Bertz CT molecular complexity index is 1250. The maximum atomic E-state index is 13.3. The van der Waals surface area contributed by atoms with E-state index in [0.717, 1.165) is 16.5 Å². The van der Waals surface area contributed by atoms with E-state index in [1.165, 1.54) is 35.6 Å². The van der Waals surface area contributed by atoms with Gasteiger partial charge in [-0.3, -0.25) is 0 Å². The van der Waals surface area contributed by atoms with E-state index in [1.54, 1.807) is 30.3 Å². The fourth-order valence-electron chi connectivity index (χ4n) is 2.81. The molecule has 154 valence electrons. The zero-order chi connectivity index (χ0) is 21.4. The highest BCUT2D eigenvalue weighted by Gasteiger charge is 2.35. The molecule has 0 radical (unpaired) electrons. The number of benzene rings is 2. The van der Waals surface area contributed by atoms with Crippen molar-refractivity contribution in [3.05, 3.63) is 83.9 Å². The third-order valence-electron chi connectivity index (χ3n) is 4.25. The maximum absolute atomic E-state index is 13.3. The predicted molar refractivity (Wildman–Crippen MR) is 109 cm³/mol. The van der Waals surface area contributed by atoms with Crippen LogP contribution in [0.2, 0.25) is 0 Å². The predicted octanol–water partition coefficient (Wildman–Crippen LogP) is 5.23. The van der Waals surface area contributed by atoms with Crippen molar-refractivity contribution in [3.8, 4) is 21.7 Å². The molecule has 2 heterocycles. The molecule has 0 aliphatic carbocycles. The number of thiophene rings is 1. The first-order valence-electron chi connectivity index (χ1n) is 8.63. The van der Waals surface area contributed by atoms with Gasteiger partial charge in [0.15, 0.2) is 5.69 Å². The standard InChI is InChI=1S/C20H14F3N3O2S2/c21-20(22,23)19-13-17(14-8-10-15(11-9-14)18-7-4-12-29-18)26(24-19)25-30(27,28)16-5-2-1-3-6-16/h1-13,25H. The molecule has 0 bridgehead atoms. The molecular weight excluding hydrogens is 435 g/mol. The summed E-state index contributed by atoms with van der Waals surface area (Å²) in [5, 5.41) is 5.37. The minimum Gasteiger partial charge on any atom is -0.200 e. The summed E-state index contributed by atoms with van der Waals surface area (Å²) in [7, 11) is -4.13. The van der Waals surface area contributed by atoms with E-state index in [2.05, 4.69) is 9.93 Å². The lowest BCUT2D eigenvalue weighted by Gasteiger charge is -2.11. The molecule has 0 saturated carbocycles. The first kappa shape index (κ1) is 20.2. The second-order valence-electron chi connectivity index (χ2n) is 6.29. The average molecular weight is 449 g/mol. The van der Waals surface area contributed by atoms with Crippen LogP contribution in [-0.2, 0) is 16.2 Å². The lowest BCUT2D eigenvalue weighted by molar-refractivity contribution is -0.141. The van der Waals surface area contributed by atoms with Crippen LogP contribution in [0, 0.1) is 0 Å². The Morgan fingerprint density at radius 2 is 1.57 bits per heavy atom. The molecule has 5 nitrogen and oxygen atoms in total. The first-order chi connectivity index (χ1) is 14.2. The third kappa shape index (κ3) is 4.10. The van der Waals surface area contributed by atoms with Crippen molar-refractivity contribution in [2.45, 2.75) is 11.1 Å². The maximum Gasteiger partial charge on any atom is 0.435 e. The molecule has 0 spiro atoms. The quantitative estimate of drug-likeness (QED) is 0.454. The summed E-state index contributed by atoms with van der Waals surface area (Å²) >= 11 is 1.54. The van der Waals surface area contributed by atoms with Gasteiger partial charge >= 0.3 is 6.18 Å². The largest absolute Gasteiger partial charge is 0.435 e. The Morgan fingerprint density at radius 3 is 2.17 bits per heavy atom. The zero-order valence-electron chi connectivity index (χ0n) is 15.2. The molecule has 0 aliphatic heterocycles. The van der Waals surface area contributed by atoms with Crippen molar-refractivity contribution >= 4 is 21.4 Å². The van der Waals surface area contributed by atoms with E-state index in [4.69, 9.17) is 0 Å². The fraction of sp³-hybridized carbons (Fsp3) is 0.0500. The molecule has 30 heavy (non-hydrogen) atoms. The van der Waals surface area contributed by atoms with Gasteiger partial charge in [0.05, 0.1) is 10.6 Å². The number of hydrogen-bond acceptors (Lipinski definition) is 4. The second kappa shape index (κ2) is 7.62. The van der Waals surface area contributed by atoms with Gasteiger partial charge in [-0.05, 0) is 35.2 Å². The SMILES string of the molecule is O=S(=O)(Nn1nc(C(F)(F)F)cc1-c1ccc(-c2cccs2)cc1)c1ccccc1. The molecule has 4 aromatic rings. The highest BCUT2D eigenvalue weighted by Crippen LogP contribution is 2.33. The molecule has 2 aromatic heterocycles. The molecule has 1 N–H and O–H groups in total. The number of sulfonamides is 1.